The summed E-state index contributed by atoms with van der Waals surface area (Å²) >= 11 is 0. The Kier molecular flexibility index (Phi) is 2.63. The SMILES string of the molecule is C=C(OC(=O)O)C(F)F. The minimum atomic E-state index is -2.94. The van der Waals surface area contributed by atoms with Crippen molar-refractivity contribution in [3.8, 4) is 0 Å². The lowest BCUT2D eigenvalue weighted by Gasteiger charge is -1.99. The van der Waals surface area contributed by atoms with E-state index in [1.165, 1.54) is 0 Å². The Morgan fingerprint density at radius 1 is 1.67 bits per heavy atom. The van der Waals surface area contributed by atoms with Crippen LogP contribution in [0.3, 0.4) is 0 Å². The first-order chi connectivity index (χ1) is 4.04. The maximum atomic E-state index is 11.3. The highest BCUT2D eigenvalue weighted by molar-refractivity contribution is 5.58. The van der Waals surface area contributed by atoms with Gasteiger partial charge in [0.2, 0.25) is 0 Å². The summed E-state index contributed by atoms with van der Waals surface area (Å²) in [5.41, 5.74) is 0. The zero-order valence-corrected chi connectivity index (χ0v) is 4.30. The molecule has 0 rings (SSSR count). The van der Waals surface area contributed by atoms with Crippen LogP contribution in [0.1, 0.15) is 0 Å². The number of hydrogen-bond acceptors (Lipinski definition) is 2. The second-order valence-corrected chi connectivity index (χ2v) is 1.13. The predicted octanol–water partition coefficient (Wildman–Crippen LogP) is 1.46. The second-order valence-electron chi connectivity index (χ2n) is 1.13. The fourth-order valence-electron chi connectivity index (χ4n) is 0.157. The Morgan fingerprint density at radius 3 is 2.22 bits per heavy atom. The van der Waals surface area contributed by atoms with Gasteiger partial charge >= 0.3 is 6.16 Å². The summed E-state index contributed by atoms with van der Waals surface area (Å²) in [4.78, 5) is 9.50. The highest BCUT2D eigenvalue weighted by Crippen LogP contribution is 2.06. The van der Waals surface area contributed by atoms with E-state index in [9.17, 15) is 13.6 Å². The fraction of sp³-hybridized carbons (Fsp3) is 0.250. The summed E-state index contributed by atoms with van der Waals surface area (Å²) < 4.78 is 26.1. The van der Waals surface area contributed by atoms with Crippen molar-refractivity contribution in [1.82, 2.24) is 0 Å². The van der Waals surface area contributed by atoms with Gasteiger partial charge in [-0.25, -0.2) is 13.6 Å². The predicted molar refractivity (Wildman–Crippen MR) is 24.3 cm³/mol. The summed E-state index contributed by atoms with van der Waals surface area (Å²) in [7, 11) is 0. The summed E-state index contributed by atoms with van der Waals surface area (Å²) in [6.45, 7) is 2.64. The molecule has 1 N–H and O–H groups in total. The van der Waals surface area contributed by atoms with Crippen LogP contribution in [0.5, 0.6) is 0 Å². The lowest BCUT2D eigenvalue weighted by Crippen LogP contribution is -2.05. The fourth-order valence-corrected chi connectivity index (χ4v) is 0.157. The van der Waals surface area contributed by atoms with Crippen molar-refractivity contribution in [2.24, 2.45) is 0 Å². The Morgan fingerprint density at radius 2 is 2.11 bits per heavy atom. The van der Waals surface area contributed by atoms with E-state index in [2.05, 4.69) is 11.3 Å². The van der Waals surface area contributed by atoms with Gasteiger partial charge in [0.05, 0.1) is 0 Å². The van der Waals surface area contributed by atoms with E-state index >= 15 is 0 Å². The van der Waals surface area contributed by atoms with Gasteiger partial charge in [-0.1, -0.05) is 6.58 Å². The summed E-state index contributed by atoms with van der Waals surface area (Å²) in [5.74, 6) is -1.05. The van der Waals surface area contributed by atoms with Gasteiger partial charge < -0.3 is 9.84 Å². The number of allylic oxidation sites excluding steroid dienone is 1. The van der Waals surface area contributed by atoms with Crippen LogP contribution < -0.4 is 0 Å². The quantitative estimate of drug-likeness (QED) is 0.464. The zero-order chi connectivity index (χ0) is 7.44. The summed E-state index contributed by atoms with van der Waals surface area (Å²) in [6, 6.07) is 0. The minimum Gasteiger partial charge on any atom is -0.449 e. The van der Waals surface area contributed by atoms with Crippen LogP contribution in [0.15, 0.2) is 12.3 Å². The molecule has 0 aromatic rings. The van der Waals surface area contributed by atoms with E-state index < -0.39 is 18.3 Å². The van der Waals surface area contributed by atoms with Gasteiger partial charge in [0.1, 0.15) is 0 Å². The summed E-state index contributed by atoms with van der Waals surface area (Å²) in [6.07, 6.45) is -4.72. The number of carbonyl (C=O) groups is 1. The number of rotatable bonds is 2. The second kappa shape index (κ2) is 3.01. The number of ether oxygens (including phenoxy) is 1. The summed E-state index contributed by atoms with van der Waals surface area (Å²) in [5, 5.41) is 7.72. The molecule has 0 heterocycles. The zero-order valence-electron chi connectivity index (χ0n) is 4.30. The molecule has 0 fully saturated rings. The van der Waals surface area contributed by atoms with Crippen molar-refractivity contribution >= 4 is 6.16 Å². The van der Waals surface area contributed by atoms with Crippen LogP contribution in [0.2, 0.25) is 0 Å². The van der Waals surface area contributed by atoms with Crippen LogP contribution in [0.4, 0.5) is 13.6 Å². The highest BCUT2D eigenvalue weighted by atomic mass is 19.3. The van der Waals surface area contributed by atoms with Crippen LogP contribution in [-0.4, -0.2) is 17.7 Å². The molecule has 5 heteroatoms. The molecule has 9 heavy (non-hydrogen) atoms. The lowest BCUT2D eigenvalue weighted by molar-refractivity contribution is 0.0727. The molecule has 0 aliphatic carbocycles. The van der Waals surface area contributed by atoms with Gasteiger partial charge in [-0.3, -0.25) is 0 Å². The van der Waals surface area contributed by atoms with E-state index in [1.807, 2.05) is 0 Å². The molecular formula is C4H4F2O3. The normalized spacial score (nSPS) is 9.22. The van der Waals surface area contributed by atoms with Crippen molar-refractivity contribution in [2.45, 2.75) is 6.43 Å². The highest BCUT2D eigenvalue weighted by Gasteiger charge is 2.12. The molecule has 0 saturated carbocycles. The Hall–Kier alpha value is -1.13. The maximum absolute atomic E-state index is 11.3. The van der Waals surface area contributed by atoms with E-state index in [4.69, 9.17) is 5.11 Å². The largest absolute Gasteiger partial charge is 0.511 e. The van der Waals surface area contributed by atoms with Crippen LogP contribution >= 0.6 is 0 Å². The van der Waals surface area contributed by atoms with E-state index in [-0.39, 0.29) is 0 Å². The van der Waals surface area contributed by atoms with E-state index in [0.717, 1.165) is 0 Å². The minimum absolute atomic E-state index is 1.05. The molecule has 0 radical (unpaired) electrons. The van der Waals surface area contributed by atoms with Crippen molar-refractivity contribution in [3.05, 3.63) is 12.3 Å². The molecular weight excluding hydrogens is 134 g/mol. The molecule has 3 nitrogen and oxygen atoms in total. The van der Waals surface area contributed by atoms with Gasteiger partial charge in [0, 0.05) is 0 Å². The third-order valence-corrected chi connectivity index (χ3v) is 0.462. The molecule has 0 aliphatic heterocycles. The number of halogens is 2. The molecule has 0 saturated heterocycles. The molecule has 0 aliphatic rings. The number of carboxylic acid groups (broad SMARTS) is 1. The molecule has 0 aromatic heterocycles. The monoisotopic (exact) mass is 138 g/mol. The standard InChI is InChI=1S/C4H4F2O3/c1-2(3(5)6)9-4(7)8/h3H,1H2,(H,7,8). The first-order valence-electron chi connectivity index (χ1n) is 1.91. The Bertz CT molecular complexity index is 132. The third kappa shape index (κ3) is 3.45. The first kappa shape index (κ1) is 7.87. The lowest BCUT2D eigenvalue weighted by atomic mass is 10.6. The topological polar surface area (TPSA) is 46.5 Å². The van der Waals surface area contributed by atoms with Crippen LogP contribution in [0.25, 0.3) is 0 Å². The number of alkyl halides is 2. The van der Waals surface area contributed by atoms with Gasteiger partial charge in [0.25, 0.3) is 6.43 Å². The molecule has 0 bridgehead atoms. The molecule has 52 valence electrons. The van der Waals surface area contributed by atoms with Crippen molar-refractivity contribution in [2.75, 3.05) is 0 Å². The van der Waals surface area contributed by atoms with E-state index in [1.54, 1.807) is 0 Å². The maximum Gasteiger partial charge on any atom is 0.511 e. The smallest absolute Gasteiger partial charge is 0.449 e. The van der Waals surface area contributed by atoms with Crippen molar-refractivity contribution in [3.63, 3.8) is 0 Å². The Balaban J connectivity index is 3.64. The van der Waals surface area contributed by atoms with Crippen molar-refractivity contribution in [1.29, 1.82) is 0 Å². The molecule has 0 spiro atoms. The van der Waals surface area contributed by atoms with Gasteiger partial charge in [-0.15, -0.1) is 0 Å². The van der Waals surface area contributed by atoms with Crippen LogP contribution in [0, 0.1) is 0 Å². The van der Waals surface area contributed by atoms with Crippen LogP contribution in [-0.2, 0) is 4.74 Å². The molecule has 0 aromatic carbocycles. The number of hydrogen-bond donors (Lipinski definition) is 1. The third-order valence-electron chi connectivity index (χ3n) is 0.462. The van der Waals surface area contributed by atoms with Gasteiger partial charge in [-0.05, 0) is 0 Å². The average molecular weight is 138 g/mol. The van der Waals surface area contributed by atoms with Crippen molar-refractivity contribution < 1.29 is 23.4 Å². The Labute approximate surface area is 49.5 Å². The first-order valence-corrected chi connectivity index (χ1v) is 1.91. The molecule has 0 atom stereocenters. The van der Waals surface area contributed by atoms with E-state index in [0.29, 0.717) is 0 Å². The van der Waals surface area contributed by atoms with Gasteiger partial charge in [-0.2, -0.15) is 0 Å². The molecule has 0 unspecified atom stereocenters. The molecule has 0 amide bonds. The average Bonchev–Trinajstić information content (AvgIpc) is 1.63. The van der Waals surface area contributed by atoms with Gasteiger partial charge in [0.15, 0.2) is 5.76 Å².